The van der Waals surface area contributed by atoms with Crippen LogP contribution in [-0.2, 0) is 14.8 Å². The molecule has 25 heavy (non-hydrogen) atoms. The highest BCUT2D eigenvalue weighted by molar-refractivity contribution is 7.89. The molecule has 0 N–H and O–H groups in total. The van der Waals surface area contributed by atoms with E-state index in [1.807, 2.05) is 11.8 Å². The largest absolute Gasteiger partial charge is 0.497 e. The zero-order valence-electron chi connectivity index (χ0n) is 14.9. The molecule has 2 fully saturated rings. The van der Waals surface area contributed by atoms with E-state index in [0.717, 1.165) is 25.8 Å². The predicted molar refractivity (Wildman–Crippen MR) is 95.0 cm³/mol. The van der Waals surface area contributed by atoms with Gasteiger partial charge in [0.15, 0.2) is 0 Å². The molecule has 1 aromatic rings. The smallest absolute Gasteiger partial charge is 0.244 e. The van der Waals surface area contributed by atoms with E-state index >= 15 is 0 Å². The Morgan fingerprint density at radius 3 is 2.36 bits per heavy atom. The molecule has 138 valence electrons. The number of carbonyl (C=O) groups is 1. The Morgan fingerprint density at radius 1 is 1.12 bits per heavy atom. The van der Waals surface area contributed by atoms with E-state index in [2.05, 4.69) is 0 Å². The lowest BCUT2D eigenvalue weighted by atomic mass is 9.86. The summed E-state index contributed by atoms with van der Waals surface area (Å²) in [7, 11) is -2.17. The molecule has 0 bridgehead atoms. The van der Waals surface area contributed by atoms with Gasteiger partial charge in [0.2, 0.25) is 15.9 Å². The van der Waals surface area contributed by atoms with Crippen LogP contribution in [0, 0.1) is 0 Å². The third kappa shape index (κ3) is 3.04. The topological polar surface area (TPSA) is 66.9 Å². The van der Waals surface area contributed by atoms with Crippen LogP contribution < -0.4 is 4.74 Å². The number of nitrogens with zero attached hydrogens (tertiary/aromatic N) is 2. The van der Waals surface area contributed by atoms with E-state index in [4.69, 9.17) is 4.74 Å². The van der Waals surface area contributed by atoms with Crippen LogP contribution in [0.25, 0.3) is 0 Å². The molecule has 2 saturated heterocycles. The van der Waals surface area contributed by atoms with E-state index in [-0.39, 0.29) is 10.8 Å². The molecule has 1 atom stereocenters. The molecule has 1 spiro atoms. The second-order valence-electron chi connectivity index (χ2n) is 6.78. The molecule has 0 saturated carbocycles. The molecule has 3 rings (SSSR count). The van der Waals surface area contributed by atoms with Gasteiger partial charge in [-0.1, -0.05) is 6.92 Å². The summed E-state index contributed by atoms with van der Waals surface area (Å²) in [5.41, 5.74) is -0.897. The second kappa shape index (κ2) is 6.96. The lowest BCUT2D eigenvalue weighted by molar-refractivity contribution is -0.144. The van der Waals surface area contributed by atoms with Gasteiger partial charge >= 0.3 is 0 Å². The lowest BCUT2D eigenvalue weighted by Crippen LogP contribution is -2.61. The summed E-state index contributed by atoms with van der Waals surface area (Å²) in [5, 5.41) is 0. The first kappa shape index (κ1) is 18.2. The van der Waals surface area contributed by atoms with Gasteiger partial charge in [0.1, 0.15) is 11.3 Å². The van der Waals surface area contributed by atoms with Gasteiger partial charge in [-0.25, -0.2) is 8.42 Å². The Kier molecular flexibility index (Phi) is 5.06. The van der Waals surface area contributed by atoms with Crippen molar-refractivity contribution >= 4 is 15.9 Å². The van der Waals surface area contributed by atoms with Gasteiger partial charge in [-0.05, 0) is 56.4 Å². The fraction of sp³-hybridized carbons (Fsp3) is 0.611. The Hall–Kier alpha value is -1.60. The number of piperidine rings is 1. The molecule has 0 radical (unpaired) electrons. The van der Waals surface area contributed by atoms with Crippen molar-refractivity contribution in [2.75, 3.05) is 26.7 Å². The Labute approximate surface area is 149 Å². The number of sulfonamides is 1. The van der Waals surface area contributed by atoms with Crippen LogP contribution in [0.2, 0.25) is 0 Å². The van der Waals surface area contributed by atoms with Gasteiger partial charge in [0.25, 0.3) is 0 Å². The number of likely N-dealkylation sites (tertiary alicyclic amines) is 1. The minimum absolute atomic E-state index is 0.0183. The highest BCUT2D eigenvalue weighted by atomic mass is 32.2. The minimum atomic E-state index is -3.71. The molecule has 0 aromatic heterocycles. The van der Waals surface area contributed by atoms with E-state index in [0.29, 0.717) is 31.7 Å². The molecule has 1 aromatic carbocycles. The first-order chi connectivity index (χ1) is 12.0. The van der Waals surface area contributed by atoms with Crippen LogP contribution in [0.4, 0.5) is 0 Å². The first-order valence-corrected chi connectivity index (χ1v) is 10.4. The van der Waals surface area contributed by atoms with Crippen molar-refractivity contribution in [1.29, 1.82) is 0 Å². The fourth-order valence-electron chi connectivity index (χ4n) is 4.09. The molecule has 1 amide bonds. The van der Waals surface area contributed by atoms with Crippen LogP contribution in [0.15, 0.2) is 29.2 Å². The molecule has 2 aliphatic heterocycles. The molecule has 0 aliphatic carbocycles. The highest BCUT2D eigenvalue weighted by Gasteiger charge is 2.55. The first-order valence-electron chi connectivity index (χ1n) is 8.92. The summed E-state index contributed by atoms with van der Waals surface area (Å²) in [6.07, 6.45) is 3.68. The zero-order valence-corrected chi connectivity index (χ0v) is 15.7. The maximum absolute atomic E-state index is 13.2. The van der Waals surface area contributed by atoms with Gasteiger partial charge in [0, 0.05) is 19.6 Å². The van der Waals surface area contributed by atoms with E-state index in [9.17, 15) is 13.2 Å². The second-order valence-corrected chi connectivity index (χ2v) is 8.65. The van der Waals surface area contributed by atoms with Crippen LogP contribution in [0.5, 0.6) is 5.75 Å². The monoisotopic (exact) mass is 366 g/mol. The maximum atomic E-state index is 13.2. The van der Waals surface area contributed by atoms with Crippen molar-refractivity contribution in [3.63, 3.8) is 0 Å². The summed E-state index contributed by atoms with van der Waals surface area (Å²) in [6.45, 7) is 3.86. The summed E-state index contributed by atoms with van der Waals surface area (Å²) in [5.74, 6) is 0.591. The van der Waals surface area contributed by atoms with Crippen LogP contribution in [-0.4, -0.2) is 55.8 Å². The van der Waals surface area contributed by atoms with E-state index < -0.39 is 15.6 Å². The van der Waals surface area contributed by atoms with Gasteiger partial charge in [-0.2, -0.15) is 4.31 Å². The molecular weight excluding hydrogens is 340 g/mol. The molecular formula is C18H26N2O4S. The predicted octanol–water partition coefficient (Wildman–Crippen LogP) is 2.25. The molecule has 1 unspecified atom stereocenters. The normalized spacial score (nSPS) is 24.9. The van der Waals surface area contributed by atoms with Crippen molar-refractivity contribution in [3.8, 4) is 5.75 Å². The number of rotatable bonds is 5. The molecule has 7 heteroatoms. The van der Waals surface area contributed by atoms with E-state index in [1.165, 1.54) is 4.31 Å². The van der Waals surface area contributed by atoms with Gasteiger partial charge in [0.05, 0.1) is 12.0 Å². The van der Waals surface area contributed by atoms with E-state index in [1.54, 1.807) is 31.4 Å². The number of ether oxygens (including phenoxy) is 1. The standard InChI is InChI=1S/C18H26N2O4S/c1-3-12-19-13-4-10-18(17(19)21)11-5-14-20(18)25(22,23)16-8-6-15(24-2)7-9-16/h6-9H,3-5,10-14H2,1-2H3. The summed E-state index contributed by atoms with van der Waals surface area (Å²) < 4.78 is 33.0. The number of hydrogen-bond donors (Lipinski definition) is 0. The Bertz CT molecular complexity index is 730. The maximum Gasteiger partial charge on any atom is 0.244 e. The van der Waals surface area contributed by atoms with Crippen LogP contribution in [0.1, 0.15) is 39.0 Å². The number of benzene rings is 1. The minimum Gasteiger partial charge on any atom is -0.497 e. The summed E-state index contributed by atoms with van der Waals surface area (Å²) in [6, 6.07) is 6.39. The quantitative estimate of drug-likeness (QED) is 0.802. The third-order valence-corrected chi connectivity index (χ3v) is 7.25. The highest BCUT2D eigenvalue weighted by Crippen LogP contribution is 2.41. The third-order valence-electron chi connectivity index (χ3n) is 5.27. The lowest BCUT2D eigenvalue weighted by Gasteiger charge is -2.43. The SMILES string of the molecule is CCCN1CCCC2(CCCN2S(=O)(=O)c2ccc(OC)cc2)C1=O. The van der Waals surface area contributed by atoms with Crippen molar-refractivity contribution < 1.29 is 17.9 Å². The van der Waals surface area contributed by atoms with Gasteiger partial charge in [-0.15, -0.1) is 0 Å². The number of carbonyl (C=O) groups excluding carboxylic acids is 1. The fourth-order valence-corrected chi connectivity index (χ4v) is 5.92. The number of methoxy groups -OCH3 is 1. The Balaban J connectivity index is 1.95. The van der Waals surface area contributed by atoms with Crippen molar-refractivity contribution in [2.45, 2.75) is 49.5 Å². The number of amides is 1. The van der Waals surface area contributed by atoms with Crippen LogP contribution in [0.3, 0.4) is 0 Å². The summed E-state index contributed by atoms with van der Waals surface area (Å²) >= 11 is 0. The van der Waals surface area contributed by atoms with Crippen LogP contribution >= 0.6 is 0 Å². The van der Waals surface area contributed by atoms with Gasteiger partial charge in [-0.3, -0.25) is 4.79 Å². The molecule has 2 heterocycles. The van der Waals surface area contributed by atoms with Gasteiger partial charge < -0.3 is 9.64 Å². The van der Waals surface area contributed by atoms with Crippen molar-refractivity contribution in [2.24, 2.45) is 0 Å². The molecule has 2 aliphatic rings. The van der Waals surface area contributed by atoms with Crippen molar-refractivity contribution in [1.82, 2.24) is 9.21 Å². The molecule has 6 nitrogen and oxygen atoms in total. The average Bonchev–Trinajstić information content (AvgIpc) is 3.05. The average molecular weight is 366 g/mol. The zero-order chi connectivity index (χ0) is 18.1. The van der Waals surface area contributed by atoms with Crippen molar-refractivity contribution in [3.05, 3.63) is 24.3 Å². The summed E-state index contributed by atoms with van der Waals surface area (Å²) in [4.78, 5) is 15.2. The number of hydrogen-bond acceptors (Lipinski definition) is 4. The Morgan fingerprint density at radius 2 is 1.76 bits per heavy atom.